The van der Waals surface area contributed by atoms with Gasteiger partial charge < -0.3 is 5.73 Å². The second-order valence-corrected chi connectivity index (χ2v) is 6.48. The SMILES string of the molecule is Cc1cccc(SCc2nc(C)c(CCN)s2)c1. The molecule has 0 saturated carbocycles. The molecule has 0 spiro atoms. The summed E-state index contributed by atoms with van der Waals surface area (Å²) in [7, 11) is 0. The van der Waals surface area contributed by atoms with Gasteiger partial charge in [0.15, 0.2) is 0 Å². The minimum absolute atomic E-state index is 0.702. The zero-order valence-electron chi connectivity index (χ0n) is 10.8. The Kier molecular flexibility index (Phi) is 4.80. The van der Waals surface area contributed by atoms with Gasteiger partial charge in [-0.15, -0.1) is 23.1 Å². The lowest BCUT2D eigenvalue weighted by Crippen LogP contribution is -2.01. The number of thiazole rings is 1. The van der Waals surface area contributed by atoms with Crippen molar-refractivity contribution in [3.05, 3.63) is 45.4 Å². The van der Waals surface area contributed by atoms with Crippen molar-refractivity contribution in [3.63, 3.8) is 0 Å². The molecule has 2 rings (SSSR count). The number of benzene rings is 1. The zero-order valence-corrected chi connectivity index (χ0v) is 12.4. The molecule has 4 heteroatoms. The molecule has 0 bridgehead atoms. The van der Waals surface area contributed by atoms with Gasteiger partial charge in [0.25, 0.3) is 0 Å². The maximum atomic E-state index is 5.59. The number of hydrogen-bond acceptors (Lipinski definition) is 4. The van der Waals surface area contributed by atoms with Crippen LogP contribution in [0.1, 0.15) is 21.1 Å². The van der Waals surface area contributed by atoms with Gasteiger partial charge in [0.2, 0.25) is 0 Å². The lowest BCUT2D eigenvalue weighted by Gasteiger charge is -2.00. The Balaban J connectivity index is 2.00. The summed E-state index contributed by atoms with van der Waals surface area (Å²) in [6.45, 7) is 4.90. The number of aromatic nitrogens is 1. The van der Waals surface area contributed by atoms with Gasteiger partial charge in [0.05, 0.1) is 11.4 Å². The fourth-order valence-corrected chi connectivity index (χ4v) is 3.85. The van der Waals surface area contributed by atoms with Crippen molar-refractivity contribution in [1.82, 2.24) is 4.98 Å². The van der Waals surface area contributed by atoms with Crippen LogP contribution in [0, 0.1) is 13.8 Å². The Labute approximate surface area is 117 Å². The Morgan fingerprint density at radius 2 is 2.17 bits per heavy atom. The summed E-state index contributed by atoms with van der Waals surface area (Å²) < 4.78 is 0. The lowest BCUT2D eigenvalue weighted by molar-refractivity contribution is 0.968. The van der Waals surface area contributed by atoms with Gasteiger partial charge in [0.1, 0.15) is 5.01 Å². The molecule has 0 aliphatic rings. The van der Waals surface area contributed by atoms with E-state index in [1.54, 1.807) is 11.3 Å². The van der Waals surface area contributed by atoms with Gasteiger partial charge in [-0.3, -0.25) is 0 Å². The summed E-state index contributed by atoms with van der Waals surface area (Å²) in [5, 5.41) is 1.20. The van der Waals surface area contributed by atoms with Crippen molar-refractivity contribution in [3.8, 4) is 0 Å². The van der Waals surface area contributed by atoms with E-state index in [2.05, 4.69) is 43.1 Å². The van der Waals surface area contributed by atoms with E-state index in [1.807, 2.05) is 11.8 Å². The molecular weight excluding hydrogens is 260 g/mol. The molecule has 0 unspecified atom stereocenters. The second kappa shape index (κ2) is 6.36. The molecule has 1 aromatic heterocycles. The molecular formula is C14H18N2S2. The molecule has 0 fully saturated rings. The van der Waals surface area contributed by atoms with Crippen molar-refractivity contribution < 1.29 is 0 Å². The van der Waals surface area contributed by atoms with E-state index in [9.17, 15) is 0 Å². The molecule has 1 heterocycles. The van der Waals surface area contributed by atoms with Crippen LogP contribution in [0.2, 0.25) is 0 Å². The quantitative estimate of drug-likeness (QED) is 0.850. The molecule has 0 aliphatic heterocycles. The van der Waals surface area contributed by atoms with Crippen molar-refractivity contribution in [2.45, 2.75) is 30.9 Å². The predicted molar refractivity (Wildman–Crippen MR) is 80.3 cm³/mol. The van der Waals surface area contributed by atoms with E-state index in [1.165, 1.54) is 20.3 Å². The van der Waals surface area contributed by atoms with Crippen molar-refractivity contribution in [1.29, 1.82) is 0 Å². The first kappa shape index (κ1) is 13.6. The smallest absolute Gasteiger partial charge is 0.103 e. The topological polar surface area (TPSA) is 38.9 Å². The Hall–Kier alpha value is -0.840. The van der Waals surface area contributed by atoms with E-state index < -0.39 is 0 Å². The van der Waals surface area contributed by atoms with Crippen LogP contribution in [-0.4, -0.2) is 11.5 Å². The van der Waals surface area contributed by atoms with Crippen LogP contribution in [0.3, 0.4) is 0 Å². The highest BCUT2D eigenvalue weighted by Gasteiger charge is 2.07. The maximum absolute atomic E-state index is 5.59. The monoisotopic (exact) mass is 278 g/mol. The first-order valence-electron chi connectivity index (χ1n) is 6.03. The Bertz CT molecular complexity index is 520. The summed E-state index contributed by atoms with van der Waals surface area (Å²) in [6, 6.07) is 8.59. The van der Waals surface area contributed by atoms with Gasteiger partial charge >= 0.3 is 0 Å². The summed E-state index contributed by atoms with van der Waals surface area (Å²) in [5.74, 6) is 0.944. The summed E-state index contributed by atoms with van der Waals surface area (Å²) in [6.07, 6.45) is 0.943. The fraction of sp³-hybridized carbons (Fsp3) is 0.357. The normalized spacial score (nSPS) is 10.8. The standard InChI is InChI=1S/C14H18N2S2/c1-10-4-3-5-12(8-10)17-9-14-16-11(2)13(18-14)6-7-15/h3-5,8H,6-7,9,15H2,1-2H3. The maximum Gasteiger partial charge on any atom is 0.103 e. The molecule has 0 saturated heterocycles. The van der Waals surface area contributed by atoms with Crippen LogP contribution in [0.25, 0.3) is 0 Å². The highest BCUT2D eigenvalue weighted by molar-refractivity contribution is 7.98. The van der Waals surface area contributed by atoms with E-state index in [-0.39, 0.29) is 0 Å². The molecule has 2 aromatic rings. The van der Waals surface area contributed by atoms with Crippen molar-refractivity contribution in [2.75, 3.05) is 6.54 Å². The van der Waals surface area contributed by atoms with Crippen LogP contribution in [-0.2, 0) is 12.2 Å². The molecule has 2 nitrogen and oxygen atoms in total. The number of aryl methyl sites for hydroxylation is 2. The molecule has 2 N–H and O–H groups in total. The molecule has 0 radical (unpaired) electrons. The Morgan fingerprint density at radius 1 is 1.33 bits per heavy atom. The van der Waals surface area contributed by atoms with Crippen LogP contribution in [0.15, 0.2) is 29.2 Å². The van der Waals surface area contributed by atoms with E-state index in [0.717, 1.165) is 17.9 Å². The van der Waals surface area contributed by atoms with Crippen molar-refractivity contribution in [2.24, 2.45) is 5.73 Å². The first-order chi connectivity index (χ1) is 8.69. The summed E-state index contributed by atoms with van der Waals surface area (Å²) in [5.41, 5.74) is 8.04. The number of rotatable bonds is 5. The molecule has 1 aromatic carbocycles. The van der Waals surface area contributed by atoms with E-state index >= 15 is 0 Å². The molecule has 18 heavy (non-hydrogen) atoms. The Morgan fingerprint density at radius 3 is 2.89 bits per heavy atom. The number of nitrogens with zero attached hydrogens (tertiary/aromatic N) is 1. The van der Waals surface area contributed by atoms with Gasteiger partial charge in [-0.05, 0) is 38.9 Å². The second-order valence-electron chi connectivity index (χ2n) is 4.26. The lowest BCUT2D eigenvalue weighted by atomic mass is 10.2. The predicted octanol–water partition coefficient (Wildman–Crippen LogP) is 3.55. The minimum Gasteiger partial charge on any atom is -0.330 e. The third-order valence-corrected chi connectivity index (χ3v) is 5.07. The highest BCUT2D eigenvalue weighted by Crippen LogP contribution is 2.27. The third-order valence-electron chi connectivity index (χ3n) is 2.66. The molecule has 0 atom stereocenters. The van der Waals surface area contributed by atoms with E-state index in [0.29, 0.717) is 6.54 Å². The highest BCUT2D eigenvalue weighted by atomic mass is 32.2. The average Bonchev–Trinajstić information content (AvgIpc) is 2.69. The zero-order chi connectivity index (χ0) is 13.0. The summed E-state index contributed by atoms with van der Waals surface area (Å²) in [4.78, 5) is 7.25. The van der Waals surface area contributed by atoms with Gasteiger partial charge in [-0.1, -0.05) is 17.7 Å². The number of thioether (sulfide) groups is 1. The van der Waals surface area contributed by atoms with Crippen molar-refractivity contribution >= 4 is 23.1 Å². The average molecular weight is 278 g/mol. The van der Waals surface area contributed by atoms with Crippen LogP contribution >= 0.6 is 23.1 Å². The number of nitrogens with two attached hydrogens (primary N) is 1. The van der Waals surface area contributed by atoms with Crippen LogP contribution < -0.4 is 5.73 Å². The van der Waals surface area contributed by atoms with Crippen LogP contribution in [0.5, 0.6) is 0 Å². The summed E-state index contributed by atoms with van der Waals surface area (Å²) >= 11 is 3.64. The number of hydrogen-bond donors (Lipinski definition) is 1. The largest absolute Gasteiger partial charge is 0.330 e. The molecule has 96 valence electrons. The fourth-order valence-electron chi connectivity index (χ4n) is 1.76. The van der Waals surface area contributed by atoms with Gasteiger partial charge in [0, 0.05) is 9.77 Å². The third kappa shape index (κ3) is 3.57. The van der Waals surface area contributed by atoms with Gasteiger partial charge in [-0.25, -0.2) is 4.98 Å². The first-order valence-corrected chi connectivity index (χ1v) is 7.84. The van der Waals surface area contributed by atoms with E-state index in [4.69, 9.17) is 5.73 Å². The van der Waals surface area contributed by atoms with Crippen LogP contribution in [0.4, 0.5) is 0 Å². The molecule has 0 amide bonds. The van der Waals surface area contributed by atoms with Gasteiger partial charge in [-0.2, -0.15) is 0 Å². The minimum atomic E-state index is 0.702. The molecule has 0 aliphatic carbocycles.